The minimum atomic E-state index is -0.0872. The summed E-state index contributed by atoms with van der Waals surface area (Å²) in [6.45, 7) is 8.93. The van der Waals surface area contributed by atoms with Crippen LogP contribution < -0.4 is 5.32 Å². The van der Waals surface area contributed by atoms with Crippen molar-refractivity contribution in [1.82, 2.24) is 10.2 Å². The second kappa shape index (κ2) is 7.00. The summed E-state index contributed by atoms with van der Waals surface area (Å²) < 4.78 is 0. The Morgan fingerprint density at radius 2 is 1.87 bits per heavy atom. The van der Waals surface area contributed by atoms with Gasteiger partial charge in [-0.05, 0) is 41.9 Å². The van der Waals surface area contributed by atoms with Crippen LogP contribution in [0, 0.1) is 23.7 Å². The Balaban J connectivity index is 1.44. The van der Waals surface area contributed by atoms with Gasteiger partial charge in [0.1, 0.15) is 0 Å². The number of hydrogen-bond donors (Lipinski definition) is 1. The molecule has 2 fully saturated rings. The van der Waals surface area contributed by atoms with Crippen molar-refractivity contribution < 1.29 is 4.79 Å². The van der Waals surface area contributed by atoms with Gasteiger partial charge in [-0.25, -0.2) is 0 Å². The third-order valence-electron chi connectivity index (χ3n) is 5.34. The normalized spacial score (nSPS) is 27.6. The van der Waals surface area contributed by atoms with Crippen molar-refractivity contribution >= 4 is 29.1 Å². The summed E-state index contributed by atoms with van der Waals surface area (Å²) in [5.74, 6) is 2.86. The first-order valence-corrected chi connectivity index (χ1v) is 9.20. The summed E-state index contributed by atoms with van der Waals surface area (Å²) in [5.41, 5.74) is 0.534. The summed E-state index contributed by atoms with van der Waals surface area (Å²) in [6, 6.07) is 4.95. The fourth-order valence-corrected chi connectivity index (χ4v) is 4.28. The Morgan fingerprint density at radius 1 is 1.26 bits per heavy atom. The number of hydrogen-bond acceptors (Lipinski definition) is 2. The Hall–Kier alpha value is -0.770. The summed E-state index contributed by atoms with van der Waals surface area (Å²) >= 11 is 11.9. The Kier molecular flexibility index (Phi) is 5.19. The van der Waals surface area contributed by atoms with E-state index in [1.807, 2.05) is 0 Å². The van der Waals surface area contributed by atoms with E-state index in [0.717, 1.165) is 24.3 Å². The largest absolute Gasteiger partial charge is 0.352 e. The van der Waals surface area contributed by atoms with Crippen LogP contribution in [-0.4, -0.2) is 37.0 Å². The van der Waals surface area contributed by atoms with Crippen molar-refractivity contribution in [2.24, 2.45) is 23.7 Å². The average Bonchev–Trinajstić information content (AvgIpc) is 2.95. The molecule has 1 N–H and O–H groups in total. The fourth-order valence-electron chi connectivity index (χ4n) is 3.76. The van der Waals surface area contributed by atoms with Gasteiger partial charge in [-0.2, -0.15) is 0 Å². The number of nitrogens with zero attached hydrogens (tertiary/aromatic N) is 1. The number of carbonyl (C=O) groups excluding carboxylic acids is 1. The monoisotopic (exact) mass is 354 g/mol. The molecule has 0 spiro atoms. The first kappa shape index (κ1) is 17.1. The maximum absolute atomic E-state index is 12.2. The molecule has 2 aliphatic rings. The van der Waals surface area contributed by atoms with Gasteiger partial charge in [-0.15, -0.1) is 0 Å². The van der Waals surface area contributed by atoms with Crippen LogP contribution in [-0.2, 0) is 0 Å². The second-order valence-corrected chi connectivity index (χ2v) is 7.96. The van der Waals surface area contributed by atoms with Crippen molar-refractivity contribution in [3.63, 3.8) is 0 Å². The van der Waals surface area contributed by atoms with Gasteiger partial charge in [-0.1, -0.05) is 43.5 Å². The number of rotatable bonds is 6. The average molecular weight is 355 g/mol. The fraction of sp³-hybridized carbons (Fsp3) is 0.611. The summed E-state index contributed by atoms with van der Waals surface area (Å²) in [7, 11) is 0. The first-order valence-electron chi connectivity index (χ1n) is 8.44. The van der Waals surface area contributed by atoms with E-state index >= 15 is 0 Å². The molecule has 1 aliphatic carbocycles. The van der Waals surface area contributed by atoms with Crippen molar-refractivity contribution in [2.45, 2.75) is 20.3 Å². The Bertz CT molecular complexity index is 560. The van der Waals surface area contributed by atoms with E-state index in [1.165, 1.54) is 26.1 Å². The minimum absolute atomic E-state index is 0.0872. The summed E-state index contributed by atoms with van der Waals surface area (Å²) in [5, 5.41) is 4.02. The lowest BCUT2D eigenvalue weighted by Crippen LogP contribution is -2.32. The molecule has 3 nitrogen and oxygen atoms in total. The zero-order valence-corrected chi connectivity index (χ0v) is 15.2. The molecule has 0 radical (unpaired) electrons. The van der Waals surface area contributed by atoms with E-state index in [-0.39, 0.29) is 5.91 Å². The number of likely N-dealkylation sites (tertiary alicyclic amines) is 1. The highest BCUT2D eigenvalue weighted by Crippen LogP contribution is 2.51. The lowest BCUT2D eigenvalue weighted by atomic mass is 10.1. The molecule has 1 saturated carbocycles. The van der Waals surface area contributed by atoms with Gasteiger partial charge in [0.2, 0.25) is 0 Å². The molecule has 3 rings (SSSR count). The molecule has 0 bridgehead atoms. The molecule has 2 unspecified atom stereocenters. The highest BCUT2D eigenvalue weighted by atomic mass is 35.5. The van der Waals surface area contributed by atoms with Crippen LogP contribution >= 0.6 is 23.2 Å². The van der Waals surface area contributed by atoms with Gasteiger partial charge < -0.3 is 10.2 Å². The summed E-state index contributed by atoms with van der Waals surface area (Å²) in [6.07, 6.45) is 1.24. The van der Waals surface area contributed by atoms with Gasteiger partial charge in [0.25, 0.3) is 5.91 Å². The zero-order chi connectivity index (χ0) is 16.6. The standard InChI is InChI=1S/C18H24Cl2N2O/c1-3-11(2)8-22-9-16-15(17(16)10-22)7-21-18(23)12-4-13(19)6-14(20)5-12/h4-6,11,15-17H,3,7-10H2,1-2H3,(H,21,23)/t11?,15?,16-,17+. The smallest absolute Gasteiger partial charge is 0.251 e. The van der Waals surface area contributed by atoms with Crippen molar-refractivity contribution in [2.75, 3.05) is 26.2 Å². The number of amides is 1. The number of carbonyl (C=O) groups is 1. The zero-order valence-electron chi connectivity index (χ0n) is 13.7. The molecule has 0 aromatic heterocycles. The molecule has 1 amide bonds. The molecular formula is C18H24Cl2N2O. The molecular weight excluding hydrogens is 331 g/mol. The van der Waals surface area contributed by atoms with Crippen LogP contribution in [0.15, 0.2) is 18.2 Å². The van der Waals surface area contributed by atoms with Crippen LogP contribution in [0.25, 0.3) is 0 Å². The van der Waals surface area contributed by atoms with Gasteiger partial charge in [0, 0.05) is 41.8 Å². The number of nitrogens with one attached hydrogen (secondary N) is 1. The SMILES string of the molecule is CCC(C)CN1C[C@@H]2C(CNC(=O)c3cc(Cl)cc(Cl)c3)[C@@H]2C1. The molecule has 1 aromatic rings. The number of piperidine rings is 1. The van der Waals surface area contributed by atoms with Crippen molar-refractivity contribution in [3.8, 4) is 0 Å². The molecule has 1 aliphatic heterocycles. The molecule has 5 heteroatoms. The highest BCUT2D eigenvalue weighted by Gasteiger charge is 2.55. The topological polar surface area (TPSA) is 32.3 Å². The van der Waals surface area contributed by atoms with E-state index < -0.39 is 0 Å². The Labute approximate surface area is 148 Å². The first-order chi connectivity index (χ1) is 11.0. The van der Waals surface area contributed by atoms with Crippen LogP contribution in [0.1, 0.15) is 30.6 Å². The van der Waals surface area contributed by atoms with Crippen molar-refractivity contribution in [1.29, 1.82) is 0 Å². The van der Waals surface area contributed by atoms with Crippen LogP contribution in [0.5, 0.6) is 0 Å². The van der Waals surface area contributed by atoms with Gasteiger partial charge in [0.15, 0.2) is 0 Å². The highest BCUT2D eigenvalue weighted by molar-refractivity contribution is 6.35. The van der Waals surface area contributed by atoms with Gasteiger partial charge in [0.05, 0.1) is 0 Å². The van der Waals surface area contributed by atoms with E-state index in [0.29, 0.717) is 21.5 Å². The lowest BCUT2D eigenvalue weighted by Gasteiger charge is -2.22. The molecule has 4 atom stereocenters. The number of halogens is 2. The summed E-state index contributed by atoms with van der Waals surface area (Å²) in [4.78, 5) is 14.8. The second-order valence-electron chi connectivity index (χ2n) is 7.09. The maximum Gasteiger partial charge on any atom is 0.251 e. The van der Waals surface area contributed by atoms with Crippen molar-refractivity contribution in [3.05, 3.63) is 33.8 Å². The quantitative estimate of drug-likeness (QED) is 0.838. The van der Waals surface area contributed by atoms with E-state index in [4.69, 9.17) is 23.2 Å². The van der Waals surface area contributed by atoms with E-state index in [1.54, 1.807) is 18.2 Å². The van der Waals surface area contributed by atoms with Crippen LogP contribution in [0.4, 0.5) is 0 Å². The van der Waals surface area contributed by atoms with Crippen LogP contribution in [0.3, 0.4) is 0 Å². The predicted octanol–water partition coefficient (Wildman–Crippen LogP) is 3.95. The number of benzene rings is 1. The third-order valence-corrected chi connectivity index (χ3v) is 5.77. The Morgan fingerprint density at radius 3 is 2.43 bits per heavy atom. The van der Waals surface area contributed by atoms with Gasteiger partial charge >= 0.3 is 0 Å². The van der Waals surface area contributed by atoms with Crippen LogP contribution in [0.2, 0.25) is 10.0 Å². The molecule has 1 heterocycles. The molecule has 1 saturated heterocycles. The maximum atomic E-state index is 12.2. The third kappa shape index (κ3) is 4.01. The minimum Gasteiger partial charge on any atom is -0.352 e. The molecule has 1 aromatic carbocycles. The van der Waals surface area contributed by atoms with E-state index in [9.17, 15) is 4.79 Å². The van der Waals surface area contributed by atoms with E-state index in [2.05, 4.69) is 24.1 Å². The molecule has 23 heavy (non-hydrogen) atoms. The predicted molar refractivity (Wildman–Crippen MR) is 95.2 cm³/mol. The lowest BCUT2D eigenvalue weighted by molar-refractivity contribution is 0.0949. The molecule has 126 valence electrons. The number of fused-ring (bicyclic) bond motifs is 1. The van der Waals surface area contributed by atoms with Gasteiger partial charge in [-0.3, -0.25) is 4.79 Å².